The van der Waals surface area contributed by atoms with E-state index >= 15 is 0 Å². The van der Waals surface area contributed by atoms with Gasteiger partial charge >= 0.3 is 0 Å². The summed E-state index contributed by atoms with van der Waals surface area (Å²) in [5, 5.41) is 10.8. The van der Waals surface area contributed by atoms with Crippen molar-refractivity contribution >= 4 is 18.1 Å². The highest BCUT2D eigenvalue weighted by atomic mass is 16.2. The van der Waals surface area contributed by atoms with Gasteiger partial charge in [-0.15, -0.1) is 10.2 Å². The van der Waals surface area contributed by atoms with Gasteiger partial charge in [0.25, 0.3) is 5.91 Å². The smallest absolute Gasteiger partial charge is 0.271 e. The molecule has 0 spiro atoms. The second-order valence-corrected chi connectivity index (χ2v) is 5.03. The zero-order valence-electron chi connectivity index (χ0n) is 11.7. The van der Waals surface area contributed by atoms with Gasteiger partial charge in [0, 0.05) is 32.2 Å². The Morgan fingerprint density at radius 3 is 2.45 bits per heavy atom. The fourth-order valence-corrected chi connectivity index (χ4v) is 2.01. The second kappa shape index (κ2) is 6.31. The van der Waals surface area contributed by atoms with Crippen LogP contribution in [0.1, 0.15) is 24.3 Å². The van der Waals surface area contributed by atoms with Crippen molar-refractivity contribution < 1.29 is 9.59 Å². The van der Waals surface area contributed by atoms with E-state index in [1.807, 2.05) is 13.8 Å². The van der Waals surface area contributed by atoms with Gasteiger partial charge in [0.1, 0.15) is 0 Å². The average molecular weight is 277 g/mol. The number of piperazine rings is 1. The molecule has 0 radical (unpaired) electrons. The monoisotopic (exact) mass is 277 g/mol. The largest absolute Gasteiger partial charge is 0.352 e. The third kappa shape index (κ3) is 3.43. The zero-order chi connectivity index (χ0) is 14.5. The summed E-state index contributed by atoms with van der Waals surface area (Å²) in [5.41, 5.74) is 0.314. The van der Waals surface area contributed by atoms with E-state index in [1.54, 1.807) is 17.0 Å². The lowest BCUT2D eigenvalue weighted by Crippen LogP contribution is -2.46. The number of carbonyl (C=O) groups is 2. The third-order valence-corrected chi connectivity index (χ3v) is 3.09. The maximum absolute atomic E-state index is 11.8. The molecule has 1 aromatic rings. The van der Waals surface area contributed by atoms with Gasteiger partial charge in [0.15, 0.2) is 11.5 Å². The van der Waals surface area contributed by atoms with E-state index in [-0.39, 0.29) is 11.9 Å². The lowest BCUT2D eigenvalue weighted by Gasteiger charge is -2.32. The molecule has 2 amide bonds. The Kier molecular flexibility index (Phi) is 4.49. The molecular formula is C13H19N5O2. The predicted octanol–water partition coefficient (Wildman–Crippen LogP) is -0.107. The normalized spacial score (nSPS) is 15.3. The van der Waals surface area contributed by atoms with Crippen LogP contribution in [0.2, 0.25) is 0 Å². The first-order chi connectivity index (χ1) is 9.60. The number of aromatic nitrogens is 2. The average Bonchev–Trinajstić information content (AvgIpc) is 2.47. The van der Waals surface area contributed by atoms with Crippen LogP contribution in [0.15, 0.2) is 12.1 Å². The van der Waals surface area contributed by atoms with Crippen LogP contribution < -0.4 is 10.2 Å². The minimum Gasteiger partial charge on any atom is -0.352 e. The Bertz CT molecular complexity index is 466. The second-order valence-electron chi connectivity index (χ2n) is 5.03. The standard InChI is InChI=1S/C13H19N5O2/c1-10(2)14-13(20)11-3-4-12(16-15-11)18-7-5-17(9-19)6-8-18/h3-4,9-10H,5-8H2,1-2H3,(H,14,20). The van der Waals surface area contributed by atoms with Crippen molar-refractivity contribution in [3.8, 4) is 0 Å². The quantitative estimate of drug-likeness (QED) is 0.777. The van der Waals surface area contributed by atoms with Crippen molar-refractivity contribution in [2.45, 2.75) is 19.9 Å². The first-order valence-electron chi connectivity index (χ1n) is 6.69. The van der Waals surface area contributed by atoms with Gasteiger partial charge in [-0.3, -0.25) is 9.59 Å². The van der Waals surface area contributed by atoms with Crippen molar-refractivity contribution in [1.29, 1.82) is 0 Å². The summed E-state index contributed by atoms with van der Waals surface area (Å²) in [6.45, 7) is 6.61. The number of nitrogens with zero attached hydrogens (tertiary/aromatic N) is 4. The predicted molar refractivity (Wildman–Crippen MR) is 74.5 cm³/mol. The molecule has 0 aromatic carbocycles. The van der Waals surface area contributed by atoms with Gasteiger partial charge in [-0.2, -0.15) is 0 Å². The Labute approximate surface area is 118 Å². The number of rotatable bonds is 4. The highest BCUT2D eigenvalue weighted by Crippen LogP contribution is 2.12. The summed E-state index contributed by atoms with van der Waals surface area (Å²) in [6, 6.07) is 3.53. The van der Waals surface area contributed by atoms with Crippen LogP contribution in [0.5, 0.6) is 0 Å². The van der Waals surface area contributed by atoms with Crippen LogP contribution in [0.4, 0.5) is 5.82 Å². The van der Waals surface area contributed by atoms with Crippen LogP contribution >= 0.6 is 0 Å². The maximum Gasteiger partial charge on any atom is 0.271 e. The van der Waals surface area contributed by atoms with Crippen molar-refractivity contribution in [3.05, 3.63) is 17.8 Å². The molecule has 1 saturated heterocycles. The van der Waals surface area contributed by atoms with E-state index in [1.165, 1.54) is 0 Å². The van der Waals surface area contributed by atoms with E-state index in [4.69, 9.17) is 0 Å². The van der Waals surface area contributed by atoms with Crippen LogP contribution in [-0.4, -0.2) is 59.6 Å². The number of hydrogen-bond acceptors (Lipinski definition) is 5. The van der Waals surface area contributed by atoms with Gasteiger partial charge in [0.2, 0.25) is 6.41 Å². The van der Waals surface area contributed by atoms with Gasteiger partial charge in [-0.1, -0.05) is 0 Å². The van der Waals surface area contributed by atoms with Crippen LogP contribution in [0.25, 0.3) is 0 Å². The Morgan fingerprint density at radius 1 is 1.25 bits per heavy atom. The van der Waals surface area contributed by atoms with Gasteiger partial charge in [0.05, 0.1) is 0 Å². The van der Waals surface area contributed by atoms with Crippen LogP contribution in [0.3, 0.4) is 0 Å². The van der Waals surface area contributed by atoms with Gasteiger partial charge < -0.3 is 15.1 Å². The van der Waals surface area contributed by atoms with Crippen molar-refractivity contribution in [2.75, 3.05) is 31.1 Å². The summed E-state index contributed by atoms with van der Waals surface area (Å²) < 4.78 is 0. The SMILES string of the molecule is CC(C)NC(=O)c1ccc(N2CCN(C=O)CC2)nn1. The molecule has 20 heavy (non-hydrogen) atoms. The molecule has 1 fully saturated rings. The van der Waals surface area contributed by atoms with E-state index in [0.717, 1.165) is 25.3 Å². The van der Waals surface area contributed by atoms with E-state index in [2.05, 4.69) is 20.4 Å². The molecule has 2 heterocycles. The molecule has 0 bridgehead atoms. The molecule has 1 N–H and O–H groups in total. The molecular weight excluding hydrogens is 258 g/mol. The van der Waals surface area contributed by atoms with Crippen molar-refractivity contribution in [2.24, 2.45) is 0 Å². The minimum absolute atomic E-state index is 0.0698. The van der Waals surface area contributed by atoms with E-state index in [0.29, 0.717) is 18.8 Å². The summed E-state index contributed by atoms with van der Waals surface area (Å²) in [5.74, 6) is 0.515. The van der Waals surface area contributed by atoms with Crippen LogP contribution in [0, 0.1) is 0 Å². The molecule has 0 atom stereocenters. The molecule has 0 unspecified atom stereocenters. The number of anilines is 1. The first-order valence-corrected chi connectivity index (χ1v) is 6.69. The number of nitrogens with one attached hydrogen (secondary N) is 1. The summed E-state index contributed by atoms with van der Waals surface area (Å²) in [6.07, 6.45) is 0.863. The third-order valence-electron chi connectivity index (χ3n) is 3.09. The van der Waals surface area contributed by atoms with E-state index < -0.39 is 0 Å². The summed E-state index contributed by atoms with van der Waals surface area (Å²) in [7, 11) is 0. The number of amides is 2. The maximum atomic E-state index is 11.8. The number of hydrogen-bond donors (Lipinski definition) is 1. The number of carbonyl (C=O) groups excluding carboxylic acids is 2. The topological polar surface area (TPSA) is 78.4 Å². The van der Waals surface area contributed by atoms with Gasteiger partial charge in [-0.25, -0.2) is 0 Å². The fourth-order valence-electron chi connectivity index (χ4n) is 2.01. The molecule has 7 nitrogen and oxygen atoms in total. The molecule has 2 rings (SSSR count). The molecule has 1 aromatic heterocycles. The first kappa shape index (κ1) is 14.2. The molecule has 7 heteroatoms. The van der Waals surface area contributed by atoms with Crippen molar-refractivity contribution in [1.82, 2.24) is 20.4 Å². The Balaban J connectivity index is 1.98. The highest BCUT2D eigenvalue weighted by Gasteiger charge is 2.17. The summed E-state index contributed by atoms with van der Waals surface area (Å²) >= 11 is 0. The van der Waals surface area contributed by atoms with Gasteiger partial charge in [-0.05, 0) is 26.0 Å². The lowest BCUT2D eigenvalue weighted by atomic mass is 10.3. The van der Waals surface area contributed by atoms with Crippen molar-refractivity contribution in [3.63, 3.8) is 0 Å². The van der Waals surface area contributed by atoms with Crippen LogP contribution in [-0.2, 0) is 4.79 Å². The lowest BCUT2D eigenvalue weighted by molar-refractivity contribution is -0.118. The molecule has 0 saturated carbocycles. The zero-order valence-corrected chi connectivity index (χ0v) is 11.7. The summed E-state index contributed by atoms with van der Waals surface area (Å²) in [4.78, 5) is 26.2. The minimum atomic E-state index is -0.218. The fraction of sp³-hybridized carbons (Fsp3) is 0.538. The Hall–Kier alpha value is -2.18. The molecule has 1 aliphatic rings. The van der Waals surface area contributed by atoms with E-state index in [9.17, 15) is 9.59 Å². The molecule has 1 aliphatic heterocycles. The molecule has 108 valence electrons. The Morgan fingerprint density at radius 2 is 1.95 bits per heavy atom. The highest BCUT2D eigenvalue weighted by molar-refractivity contribution is 5.92. The molecule has 0 aliphatic carbocycles.